The fourth-order valence-electron chi connectivity index (χ4n) is 5.27. The SMILES string of the molecule is Cc1c(CN2CC(=O)N(CCc3ccccc3)CC(OCc3cccc(F)c3)C2)c(=O)n(-c2ccccc2)n1C. The topological polar surface area (TPSA) is 59.7 Å². The van der Waals surface area contributed by atoms with E-state index in [9.17, 15) is 14.0 Å². The van der Waals surface area contributed by atoms with Crippen molar-refractivity contribution in [1.29, 1.82) is 0 Å². The average molecular weight is 543 g/mol. The van der Waals surface area contributed by atoms with Crippen LogP contribution < -0.4 is 5.56 Å². The molecule has 4 aromatic rings. The van der Waals surface area contributed by atoms with Crippen LogP contribution in [0.3, 0.4) is 0 Å². The zero-order valence-electron chi connectivity index (χ0n) is 23.0. The highest BCUT2D eigenvalue weighted by molar-refractivity contribution is 5.78. The Kier molecular flexibility index (Phi) is 8.57. The maximum Gasteiger partial charge on any atom is 0.276 e. The summed E-state index contributed by atoms with van der Waals surface area (Å²) < 4.78 is 23.5. The third-order valence-corrected chi connectivity index (χ3v) is 7.54. The van der Waals surface area contributed by atoms with E-state index in [1.165, 1.54) is 12.1 Å². The third-order valence-electron chi connectivity index (χ3n) is 7.54. The Bertz CT molecular complexity index is 1500. The number of benzene rings is 3. The van der Waals surface area contributed by atoms with E-state index in [4.69, 9.17) is 4.74 Å². The van der Waals surface area contributed by atoms with Gasteiger partial charge >= 0.3 is 0 Å². The highest BCUT2D eigenvalue weighted by Gasteiger charge is 2.30. The van der Waals surface area contributed by atoms with Gasteiger partial charge in [-0.05, 0) is 48.7 Å². The van der Waals surface area contributed by atoms with Gasteiger partial charge in [0.25, 0.3) is 5.56 Å². The van der Waals surface area contributed by atoms with E-state index in [1.807, 2.05) is 83.1 Å². The fourth-order valence-corrected chi connectivity index (χ4v) is 5.27. The van der Waals surface area contributed by atoms with Crippen LogP contribution in [0.1, 0.15) is 22.4 Å². The summed E-state index contributed by atoms with van der Waals surface area (Å²) in [4.78, 5) is 30.9. The van der Waals surface area contributed by atoms with Gasteiger partial charge in [0.1, 0.15) is 5.82 Å². The molecular formula is C32H35FN4O3. The lowest BCUT2D eigenvalue weighted by Gasteiger charge is -2.25. The summed E-state index contributed by atoms with van der Waals surface area (Å²) >= 11 is 0. The first kappa shape index (κ1) is 27.6. The van der Waals surface area contributed by atoms with E-state index in [1.54, 1.807) is 10.7 Å². The molecule has 1 atom stereocenters. The zero-order chi connectivity index (χ0) is 28.1. The van der Waals surface area contributed by atoms with E-state index in [0.717, 1.165) is 28.9 Å². The Hall–Kier alpha value is -4.01. The summed E-state index contributed by atoms with van der Waals surface area (Å²) in [5.74, 6) is -0.303. The van der Waals surface area contributed by atoms with Crippen LogP contribution in [-0.4, -0.2) is 57.4 Å². The molecule has 5 rings (SSSR count). The first-order valence-electron chi connectivity index (χ1n) is 13.6. The number of amides is 1. The molecule has 1 aliphatic rings. The number of nitrogens with zero attached hydrogens (tertiary/aromatic N) is 4. The molecule has 7 nitrogen and oxygen atoms in total. The first-order chi connectivity index (χ1) is 19.4. The van der Waals surface area contributed by atoms with Gasteiger partial charge in [-0.2, -0.15) is 0 Å². The Balaban J connectivity index is 1.37. The summed E-state index contributed by atoms with van der Waals surface area (Å²) in [5.41, 5.74) is 4.10. The second-order valence-electron chi connectivity index (χ2n) is 10.3. The molecule has 8 heteroatoms. The summed E-state index contributed by atoms with van der Waals surface area (Å²) in [5, 5.41) is 0. The molecule has 0 spiro atoms. The molecule has 1 aliphatic heterocycles. The van der Waals surface area contributed by atoms with Crippen LogP contribution in [0.25, 0.3) is 5.69 Å². The number of rotatable bonds is 9. The smallest absolute Gasteiger partial charge is 0.276 e. The Morgan fingerprint density at radius 3 is 2.33 bits per heavy atom. The summed E-state index contributed by atoms with van der Waals surface area (Å²) in [6.45, 7) is 4.16. The van der Waals surface area contributed by atoms with Crippen molar-refractivity contribution in [2.24, 2.45) is 7.05 Å². The van der Waals surface area contributed by atoms with Crippen molar-refractivity contribution >= 4 is 5.91 Å². The number of hydrogen-bond acceptors (Lipinski definition) is 4. The number of halogens is 1. The van der Waals surface area contributed by atoms with Gasteiger partial charge in [-0.3, -0.25) is 19.2 Å². The third kappa shape index (κ3) is 6.41. The summed E-state index contributed by atoms with van der Waals surface area (Å²) in [7, 11) is 1.87. The van der Waals surface area contributed by atoms with E-state index in [-0.39, 0.29) is 36.5 Å². The lowest BCUT2D eigenvalue weighted by Crippen LogP contribution is -2.39. The predicted molar refractivity (Wildman–Crippen MR) is 153 cm³/mol. The van der Waals surface area contributed by atoms with Crippen molar-refractivity contribution in [2.45, 2.75) is 32.6 Å². The van der Waals surface area contributed by atoms with Gasteiger partial charge in [-0.1, -0.05) is 60.7 Å². The summed E-state index contributed by atoms with van der Waals surface area (Å²) in [6, 6.07) is 26.0. The lowest BCUT2D eigenvalue weighted by molar-refractivity contribution is -0.131. The normalized spacial score (nSPS) is 16.3. The quantitative estimate of drug-likeness (QED) is 0.320. The van der Waals surface area contributed by atoms with Crippen molar-refractivity contribution in [3.63, 3.8) is 0 Å². The van der Waals surface area contributed by atoms with Crippen LogP contribution in [0.15, 0.2) is 89.7 Å². The molecule has 208 valence electrons. The van der Waals surface area contributed by atoms with Crippen LogP contribution in [0.2, 0.25) is 0 Å². The number of ether oxygens (including phenoxy) is 1. The molecule has 3 aromatic carbocycles. The van der Waals surface area contributed by atoms with Gasteiger partial charge in [-0.25, -0.2) is 9.07 Å². The highest BCUT2D eigenvalue weighted by Crippen LogP contribution is 2.17. The van der Waals surface area contributed by atoms with Crippen molar-refractivity contribution in [3.8, 4) is 5.69 Å². The van der Waals surface area contributed by atoms with Crippen LogP contribution in [0.4, 0.5) is 4.39 Å². The second-order valence-corrected chi connectivity index (χ2v) is 10.3. The van der Waals surface area contributed by atoms with Crippen molar-refractivity contribution in [3.05, 3.63) is 123 Å². The van der Waals surface area contributed by atoms with Crippen molar-refractivity contribution < 1.29 is 13.9 Å². The lowest BCUT2D eigenvalue weighted by atomic mass is 10.1. The highest BCUT2D eigenvalue weighted by atomic mass is 19.1. The molecule has 1 fully saturated rings. The minimum Gasteiger partial charge on any atom is -0.370 e. The minimum absolute atomic E-state index is 0.00440. The zero-order valence-corrected chi connectivity index (χ0v) is 23.0. The van der Waals surface area contributed by atoms with Crippen LogP contribution in [0.5, 0.6) is 0 Å². The molecule has 1 amide bonds. The molecule has 0 N–H and O–H groups in total. The minimum atomic E-state index is -0.308. The molecule has 0 bridgehead atoms. The standard InChI is InChI=1S/C32H35FN4O3/c1-24-30(32(39)37(34(24)2)28-14-7-4-8-15-28)21-35-19-29(40-23-26-12-9-13-27(33)18-26)20-36(31(38)22-35)17-16-25-10-5-3-6-11-25/h3-15,18,29H,16-17,19-23H2,1-2H3. The molecule has 1 aromatic heterocycles. The fraction of sp³-hybridized carbons (Fsp3) is 0.312. The first-order valence-corrected chi connectivity index (χ1v) is 13.6. The molecule has 2 heterocycles. The number of carbonyl (C=O) groups is 1. The largest absolute Gasteiger partial charge is 0.370 e. The van der Waals surface area contributed by atoms with Gasteiger partial charge in [0.05, 0.1) is 30.5 Å². The summed E-state index contributed by atoms with van der Waals surface area (Å²) in [6.07, 6.45) is 0.439. The van der Waals surface area contributed by atoms with E-state index in [0.29, 0.717) is 31.7 Å². The second kappa shape index (κ2) is 12.4. The maximum absolute atomic E-state index is 13.8. The average Bonchev–Trinajstić information content (AvgIpc) is 3.07. The molecule has 0 saturated carbocycles. The molecule has 1 unspecified atom stereocenters. The van der Waals surface area contributed by atoms with Crippen molar-refractivity contribution in [1.82, 2.24) is 19.2 Å². The van der Waals surface area contributed by atoms with Gasteiger partial charge < -0.3 is 9.64 Å². The van der Waals surface area contributed by atoms with E-state index in [2.05, 4.69) is 12.1 Å². The van der Waals surface area contributed by atoms with Crippen LogP contribution in [-0.2, 0) is 36.2 Å². The Morgan fingerprint density at radius 2 is 1.60 bits per heavy atom. The van der Waals surface area contributed by atoms with Crippen LogP contribution >= 0.6 is 0 Å². The molecule has 0 radical (unpaired) electrons. The molecular weight excluding hydrogens is 507 g/mol. The Morgan fingerprint density at radius 1 is 0.900 bits per heavy atom. The number of carbonyl (C=O) groups excluding carboxylic acids is 1. The Labute approximate surface area is 234 Å². The van der Waals surface area contributed by atoms with E-state index < -0.39 is 0 Å². The van der Waals surface area contributed by atoms with Gasteiger partial charge in [-0.15, -0.1) is 0 Å². The van der Waals surface area contributed by atoms with Crippen molar-refractivity contribution in [2.75, 3.05) is 26.2 Å². The molecule has 0 aliphatic carbocycles. The van der Waals surface area contributed by atoms with E-state index >= 15 is 0 Å². The molecule has 40 heavy (non-hydrogen) atoms. The number of aromatic nitrogens is 2. The monoisotopic (exact) mass is 542 g/mol. The van der Waals surface area contributed by atoms with Crippen LogP contribution in [0, 0.1) is 12.7 Å². The number of para-hydroxylation sites is 1. The predicted octanol–water partition coefficient (Wildman–Crippen LogP) is 4.10. The maximum atomic E-state index is 13.8. The van der Waals surface area contributed by atoms with Gasteiger partial charge in [0.15, 0.2) is 0 Å². The van der Waals surface area contributed by atoms with Gasteiger partial charge in [0, 0.05) is 38.9 Å². The number of hydrogen-bond donors (Lipinski definition) is 0. The molecule has 1 saturated heterocycles. The van der Waals surface area contributed by atoms with Gasteiger partial charge in [0.2, 0.25) is 5.91 Å².